The summed E-state index contributed by atoms with van der Waals surface area (Å²) in [6.07, 6.45) is 3.97. The molecule has 0 aromatic carbocycles. The van der Waals surface area contributed by atoms with E-state index in [1.165, 1.54) is 20.9 Å². The molecule has 1 saturated heterocycles. The van der Waals surface area contributed by atoms with Gasteiger partial charge in [-0.3, -0.25) is 9.58 Å². The molecule has 4 nitrogen and oxygen atoms in total. The van der Waals surface area contributed by atoms with Crippen molar-refractivity contribution in [2.45, 2.75) is 12.5 Å². The molecule has 1 aliphatic heterocycles. The lowest BCUT2D eigenvalue weighted by Gasteiger charge is -2.14. The second-order valence-corrected chi connectivity index (χ2v) is 8.42. The molecular weight excluding hydrogens is 338 g/mol. The predicted octanol–water partition coefficient (Wildman–Crippen LogP) is 3.42. The van der Waals surface area contributed by atoms with E-state index in [0.29, 0.717) is 11.8 Å². The van der Waals surface area contributed by atoms with Crippen molar-refractivity contribution in [3.05, 3.63) is 51.8 Å². The molecule has 4 heterocycles. The van der Waals surface area contributed by atoms with Gasteiger partial charge in [-0.15, -0.1) is 11.3 Å². The fourth-order valence-corrected chi connectivity index (χ4v) is 5.27. The van der Waals surface area contributed by atoms with Crippen LogP contribution in [0.3, 0.4) is 0 Å². The summed E-state index contributed by atoms with van der Waals surface area (Å²) in [4.78, 5) is 5.11. The maximum atomic E-state index is 9.74. The Balaban J connectivity index is 1.45. The molecule has 3 aromatic rings. The van der Waals surface area contributed by atoms with Crippen LogP contribution in [0.2, 0.25) is 0 Å². The molecule has 1 N–H and O–H groups in total. The second kappa shape index (κ2) is 6.80. The van der Waals surface area contributed by atoms with Gasteiger partial charge < -0.3 is 5.11 Å². The van der Waals surface area contributed by atoms with Crippen molar-refractivity contribution >= 4 is 22.7 Å². The van der Waals surface area contributed by atoms with Crippen molar-refractivity contribution in [1.29, 1.82) is 0 Å². The SMILES string of the molecule is Cn1cc(-c2ccc(CN3C[C@@H](CO)[C@H](c4ccsc4)C3)s2)cn1. The van der Waals surface area contributed by atoms with Crippen LogP contribution in [0.25, 0.3) is 10.4 Å². The number of rotatable bonds is 5. The average Bonchev–Trinajstić information content (AvgIpc) is 3.34. The minimum Gasteiger partial charge on any atom is -0.396 e. The van der Waals surface area contributed by atoms with E-state index < -0.39 is 0 Å². The van der Waals surface area contributed by atoms with Gasteiger partial charge in [0.2, 0.25) is 0 Å². The Morgan fingerprint density at radius 2 is 2.21 bits per heavy atom. The molecule has 1 aliphatic rings. The Morgan fingerprint density at radius 1 is 1.29 bits per heavy atom. The first-order valence-corrected chi connectivity index (χ1v) is 9.92. The normalized spacial score (nSPS) is 21.6. The summed E-state index contributed by atoms with van der Waals surface area (Å²) in [6.45, 7) is 3.23. The minimum absolute atomic E-state index is 0.266. The van der Waals surface area contributed by atoms with E-state index in [-0.39, 0.29) is 6.61 Å². The zero-order valence-corrected chi connectivity index (χ0v) is 15.3. The van der Waals surface area contributed by atoms with E-state index in [0.717, 1.165) is 19.6 Å². The molecule has 0 radical (unpaired) electrons. The summed E-state index contributed by atoms with van der Waals surface area (Å²) >= 11 is 3.58. The van der Waals surface area contributed by atoms with Gasteiger partial charge in [0.05, 0.1) is 6.20 Å². The van der Waals surface area contributed by atoms with Crippen LogP contribution in [0.4, 0.5) is 0 Å². The molecule has 1 fully saturated rings. The summed E-state index contributed by atoms with van der Waals surface area (Å²) < 4.78 is 1.84. The van der Waals surface area contributed by atoms with E-state index in [1.54, 1.807) is 11.3 Å². The lowest BCUT2D eigenvalue weighted by Crippen LogP contribution is -2.20. The molecule has 2 atom stereocenters. The zero-order valence-electron chi connectivity index (χ0n) is 13.6. The first kappa shape index (κ1) is 16.0. The van der Waals surface area contributed by atoms with Crippen LogP contribution in [-0.2, 0) is 13.6 Å². The summed E-state index contributed by atoms with van der Waals surface area (Å²) in [6, 6.07) is 6.61. The quantitative estimate of drug-likeness (QED) is 0.759. The standard InChI is InChI=1S/C18H21N3OS2/c1-20-7-14(6-19-20)18-3-2-16(24-18)9-21-8-15(11-22)17(10-21)13-4-5-23-12-13/h2-7,12,15,17,22H,8-11H2,1H3/t15-,17-/m0/s1. The summed E-state index contributed by atoms with van der Waals surface area (Å²) in [7, 11) is 1.95. The van der Waals surface area contributed by atoms with Crippen LogP contribution in [-0.4, -0.2) is 39.5 Å². The van der Waals surface area contributed by atoms with Crippen LogP contribution in [0.1, 0.15) is 16.4 Å². The highest BCUT2D eigenvalue weighted by Crippen LogP contribution is 2.35. The van der Waals surface area contributed by atoms with Gasteiger partial charge >= 0.3 is 0 Å². The fourth-order valence-electron chi connectivity index (χ4n) is 3.53. The topological polar surface area (TPSA) is 41.3 Å². The third-order valence-corrected chi connectivity index (χ3v) is 6.57. The van der Waals surface area contributed by atoms with Crippen LogP contribution >= 0.6 is 22.7 Å². The third kappa shape index (κ3) is 3.19. The molecule has 0 amide bonds. The van der Waals surface area contributed by atoms with Gasteiger partial charge in [-0.05, 0) is 34.5 Å². The Bertz CT molecular complexity index is 793. The Kier molecular flexibility index (Phi) is 4.54. The molecule has 0 unspecified atom stereocenters. The maximum absolute atomic E-state index is 9.74. The molecule has 0 aliphatic carbocycles. The van der Waals surface area contributed by atoms with Crippen molar-refractivity contribution < 1.29 is 5.11 Å². The van der Waals surface area contributed by atoms with Gasteiger partial charge in [0.25, 0.3) is 0 Å². The second-order valence-electron chi connectivity index (χ2n) is 6.47. The molecule has 126 valence electrons. The highest BCUT2D eigenvalue weighted by atomic mass is 32.1. The molecular formula is C18H21N3OS2. The molecule has 0 spiro atoms. The lowest BCUT2D eigenvalue weighted by atomic mass is 9.92. The average molecular weight is 360 g/mol. The van der Waals surface area contributed by atoms with Crippen molar-refractivity contribution in [2.24, 2.45) is 13.0 Å². The van der Waals surface area contributed by atoms with Crippen molar-refractivity contribution in [1.82, 2.24) is 14.7 Å². The molecule has 3 aromatic heterocycles. The number of hydrogen-bond donors (Lipinski definition) is 1. The molecule has 24 heavy (non-hydrogen) atoms. The van der Waals surface area contributed by atoms with Gasteiger partial charge in [-0.1, -0.05) is 0 Å². The van der Waals surface area contributed by atoms with Crippen LogP contribution < -0.4 is 0 Å². The molecule has 0 bridgehead atoms. The Morgan fingerprint density at radius 3 is 2.92 bits per heavy atom. The first-order valence-electron chi connectivity index (χ1n) is 8.16. The number of aromatic nitrogens is 2. The smallest absolute Gasteiger partial charge is 0.0576 e. The van der Waals surface area contributed by atoms with Gasteiger partial charge in [0.15, 0.2) is 0 Å². The van der Waals surface area contributed by atoms with E-state index >= 15 is 0 Å². The van der Waals surface area contributed by atoms with Gasteiger partial charge in [0.1, 0.15) is 0 Å². The van der Waals surface area contributed by atoms with E-state index in [9.17, 15) is 5.11 Å². The van der Waals surface area contributed by atoms with Crippen LogP contribution in [0.15, 0.2) is 41.4 Å². The maximum Gasteiger partial charge on any atom is 0.0576 e. The summed E-state index contributed by atoms with van der Waals surface area (Å²) in [5, 5.41) is 18.4. The number of likely N-dealkylation sites (tertiary alicyclic amines) is 1. The van der Waals surface area contributed by atoms with E-state index in [4.69, 9.17) is 0 Å². The van der Waals surface area contributed by atoms with Crippen molar-refractivity contribution in [3.8, 4) is 10.4 Å². The van der Waals surface area contributed by atoms with Crippen LogP contribution in [0.5, 0.6) is 0 Å². The van der Waals surface area contributed by atoms with E-state index in [1.807, 2.05) is 29.3 Å². The highest BCUT2D eigenvalue weighted by molar-refractivity contribution is 7.15. The van der Waals surface area contributed by atoms with Crippen molar-refractivity contribution in [3.63, 3.8) is 0 Å². The number of hydrogen-bond acceptors (Lipinski definition) is 5. The van der Waals surface area contributed by atoms with Crippen molar-refractivity contribution in [2.75, 3.05) is 19.7 Å². The van der Waals surface area contributed by atoms with Gasteiger partial charge in [0, 0.05) is 66.6 Å². The van der Waals surface area contributed by atoms with Gasteiger partial charge in [-0.25, -0.2) is 0 Å². The summed E-state index contributed by atoms with van der Waals surface area (Å²) in [5.74, 6) is 0.802. The monoisotopic (exact) mass is 359 g/mol. The number of thiophene rings is 2. The largest absolute Gasteiger partial charge is 0.396 e. The number of aliphatic hydroxyl groups excluding tert-OH is 1. The number of aryl methyl sites for hydroxylation is 1. The lowest BCUT2D eigenvalue weighted by molar-refractivity contribution is 0.214. The van der Waals surface area contributed by atoms with Crippen LogP contribution in [0, 0.1) is 5.92 Å². The zero-order chi connectivity index (χ0) is 16.5. The minimum atomic E-state index is 0.266. The van der Waals surface area contributed by atoms with Gasteiger partial charge in [-0.2, -0.15) is 16.4 Å². The molecule has 6 heteroatoms. The number of nitrogens with zero attached hydrogens (tertiary/aromatic N) is 3. The van der Waals surface area contributed by atoms with E-state index in [2.05, 4.69) is 45.2 Å². The first-order chi connectivity index (χ1) is 11.7. The third-order valence-electron chi connectivity index (χ3n) is 4.75. The Hall–Kier alpha value is -1.47. The predicted molar refractivity (Wildman–Crippen MR) is 99.4 cm³/mol. The molecule has 0 saturated carbocycles. The Labute approximate surface area is 150 Å². The highest BCUT2D eigenvalue weighted by Gasteiger charge is 2.33. The fraction of sp³-hybridized carbons (Fsp3) is 0.389. The number of aliphatic hydroxyl groups is 1. The molecule has 4 rings (SSSR count). The summed E-state index contributed by atoms with van der Waals surface area (Å²) in [5.41, 5.74) is 2.56.